The molecule has 0 aliphatic rings. The fourth-order valence-corrected chi connectivity index (χ4v) is 0.920. The second-order valence-corrected chi connectivity index (χ2v) is 2.41. The van der Waals surface area contributed by atoms with Crippen LogP contribution in [0.2, 0.25) is 5.15 Å². The smallest absolute Gasteiger partial charge is 0.132 e. The van der Waals surface area contributed by atoms with Crippen LogP contribution in [0.4, 0.5) is 0 Å². The van der Waals surface area contributed by atoms with E-state index in [1.807, 2.05) is 0 Å². The Bertz CT molecular complexity index is 204. The third kappa shape index (κ3) is 1.91. The van der Waals surface area contributed by atoms with Crippen molar-refractivity contribution >= 4 is 27.5 Å². The van der Waals surface area contributed by atoms with Gasteiger partial charge in [0.25, 0.3) is 0 Å². The molecule has 0 aliphatic heterocycles. The highest BCUT2D eigenvalue weighted by Crippen LogP contribution is 2.06. The van der Waals surface area contributed by atoms with Gasteiger partial charge in [-0.05, 0) is 6.07 Å². The van der Waals surface area contributed by atoms with Crippen molar-refractivity contribution in [2.75, 3.05) is 0 Å². The predicted octanol–water partition coefficient (Wildman–Crippen LogP) is 2.02. The summed E-state index contributed by atoms with van der Waals surface area (Å²) >= 11 is 8.79. The van der Waals surface area contributed by atoms with E-state index >= 15 is 0 Å². The van der Waals surface area contributed by atoms with Crippen molar-refractivity contribution < 1.29 is 0 Å². The van der Waals surface area contributed by atoms with Crippen molar-refractivity contribution in [1.82, 2.24) is 9.97 Å². The van der Waals surface area contributed by atoms with Gasteiger partial charge in [-0.3, -0.25) is 0 Å². The molecule has 9 heavy (non-hydrogen) atoms. The minimum absolute atomic E-state index is 0.486. The number of rotatable bonds is 1. The monoisotopic (exact) mass is 206 g/mol. The van der Waals surface area contributed by atoms with Crippen molar-refractivity contribution in [2.24, 2.45) is 0 Å². The van der Waals surface area contributed by atoms with E-state index in [-0.39, 0.29) is 0 Å². The lowest BCUT2D eigenvalue weighted by atomic mass is 10.5. The van der Waals surface area contributed by atoms with Crippen LogP contribution in [-0.4, -0.2) is 9.97 Å². The first-order chi connectivity index (χ1) is 4.33. The zero-order valence-corrected chi connectivity index (χ0v) is 6.85. The Labute approximate surface area is 66.4 Å². The van der Waals surface area contributed by atoms with Gasteiger partial charge in [0.15, 0.2) is 0 Å². The van der Waals surface area contributed by atoms with Gasteiger partial charge in [-0.1, -0.05) is 27.5 Å². The largest absolute Gasteiger partial charge is 0.240 e. The molecule has 0 saturated heterocycles. The molecule has 48 valence electrons. The summed E-state index contributed by atoms with van der Waals surface area (Å²) < 4.78 is 0. The van der Waals surface area contributed by atoms with E-state index in [4.69, 9.17) is 11.6 Å². The number of aromatic nitrogens is 2. The molecule has 0 fully saturated rings. The van der Waals surface area contributed by atoms with Crippen LogP contribution in [0, 0.1) is 0 Å². The molecule has 1 rings (SSSR count). The van der Waals surface area contributed by atoms with Gasteiger partial charge < -0.3 is 0 Å². The van der Waals surface area contributed by atoms with Gasteiger partial charge in [0, 0.05) is 5.33 Å². The minimum atomic E-state index is 0.486. The maximum absolute atomic E-state index is 5.55. The Hall–Kier alpha value is -0.150. The molecule has 0 N–H and O–H groups in total. The standard InChI is InChI=1S/C5H4BrClN2/c6-2-4-1-5(7)9-3-8-4/h1,3H,2H2. The van der Waals surface area contributed by atoms with Gasteiger partial charge >= 0.3 is 0 Å². The summed E-state index contributed by atoms with van der Waals surface area (Å²) in [6.45, 7) is 0. The summed E-state index contributed by atoms with van der Waals surface area (Å²) in [7, 11) is 0. The van der Waals surface area contributed by atoms with Crippen molar-refractivity contribution in [3.63, 3.8) is 0 Å². The van der Waals surface area contributed by atoms with Crippen molar-refractivity contribution in [1.29, 1.82) is 0 Å². The van der Waals surface area contributed by atoms with Crippen LogP contribution < -0.4 is 0 Å². The van der Waals surface area contributed by atoms with Crippen molar-refractivity contribution in [2.45, 2.75) is 5.33 Å². The Balaban J connectivity index is 2.94. The fraction of sp³-hybridized carbons (Fsp3) is 0.200. The predicted molar refractivity (Wildman–Crippen MR) is 39.7 cm³/mol. The Morgan fingerprint density at radius 3 is 2.78 bits per heavy atom. The third-order valence-corrected chi connectivity index (χ3v) is 1.61. The molecule has 1 aromatic rings. The van der Waals surface area contributed by atoms with E-state index in [0.717, 1.165) is 11.0 Å². The van der Waals surface area contributed by atoms with Crippen molar-refractivity contribution in [3.05, 3.63) is 23.2 Å². The maximum Gasteiger partial charge on any atom is 0.132 e. The average Bonchev–Trinajstić information content (AvgIpc) is 1.88. The molecule has 0 aliphatic carbocycles. The molecule has 0 amide bonds. The quantitative estimate of drug-likeness (QED) is 0.520. The van der Waals surface area contributed by atoms with E-state index in [0.29, 0.717) is 5.15 Å². The van der Waals surface area contributed by atoms with Gasteiger partial charge in [-0.25, -0.2) is 9.97 Å². The summed E-state index contributed by atoms with van der Waals surface area (Å²) in [6, 6.07) is 1.72. The lowest BCUT2D eigenvalue weighted by Crippen LogP contribution is -1.84. The molecule has 0 spiro atoms. The normalized spacial score (nSPS) is 9.56. The van der Waals surface area contributed by atoms with Gasteiger partial charge in [-0.2, -0.15) is 0 Å². The fourth-order valence-electron chi connectivity index (χ4n) is 0.443. The third-order valence-electron chi connectivity index (χ3n) is 0.827. The van der Waals surface area contributed by atoms with E-state index < -0.39 is 0 Å². The first kappa shape index (κ1) is 6.96. The Kier molecular flexibility index (Phi) is 2.42. The van der Waals surface area contributed by atoms with Crippen LogP contribution >= 0.6 is 27.5 Å². The number of hydrogen-bond donors (Lipinski definition) is 0. The molecule has 2 nitrogen and oxygen atoms in total. The topological polar surface area (TPSA) is 25.8 Å². The molecule has 1 aromatic heterocycles. The van der Waals surface area contributed by atoms with Crippen LogP contribution in [-0.2, 0) is 5.33 Å². The van der Waals surface area contributed by atoms with E-state index in [1.165, 1.54) is 6.33 Å². The van der Waals surface area contributed by atoms with Gasteiger partial charge in [0.2, 0.25) is 0 Å². The molecular formula is C5H4BrClN2. The Morgan fingerprint density at radius 2 is 2.33 bits per heavy atom. The zero-order chi connectivity index (χ0) is 6.69. The number of nitrogens with zero attached hydrogens (tertiary/aromatic N) is 2. The molecule has 0 atom stereocenters. The van der Waals surface area contributed by atoms with Gasteiger partial charge in [0.1, 0.15) is 11.5 Å². The maximum atomic E-state index is 5.55. The molecule has 0 bridgehead atoms. The van der Waals surface area contributed by atoms with Gasteiger partial charge in [-0.15, -0.1) is 0 Å². The summed E-state index contributed by atoms with van der Waals surface area (Å²) in [4.78, 5) is 7.64. The van der Waals surface area contributed by atoms with E-state index in [9.17, 15) is 0 Å². The van der Waals surface area contributed by atoms with Crippen molar-refractivity contribution in [3.8, 4) is 0 Å². The zero-order valence-electron chi connectivity index (χ0n) is 4.51. The highest BCUT2D eigenvalue weighted by atomic mass is 79.9. The second kappa shape index (κ2) is 3.13. The SMILES string of the molecule is Clc1cc(CBr)ncn1. The number of alkyl halides is 1. The summed E-state index contributed by atoms with van der Waals surface area (Å²) in [5, 5.41) is 1.20. The summed E-state index contributed by atoms with van der Waals surface area (Å²) in [5.74, 6) is 0. The lowest BCUT2D eigenvalue weighted by molar-refractivity contribution is 1.09. The van der Waals surface area contributed by atoms with E-state index in [1.54, 1.807) is 6.07 Å². The van der Waals surface area contributed by atoms with Crippen LogP contribution in [0.25, 0.3) is 0 Å². The van der Waals surface area contributed by atoms with Crippen LogP contribution in [0.1, 0.15) is 5.69 Å². The average molecular weight is 207 g/mol. The Morgan fingerprint density at radius 1 is 1.56 bits per heavy atom. The highest BCUT2D eigenvalue weighted by Gasteiger charge is 1.91. The molecule has 0 unspecified atom stereocenters. The van der Waals surface area contributed by atoms with Crippen LogP contribution in [0.15, 0.2) is 12.4 Å². The van der Waals surface area contributed by atoms with Gasteiger partial charge in [0.05, 0.1) is 5.69 Å². The molecule has 1 heterocycles. The van der Waals surface area contributed by atoms with E-state index in [2.05, 4.69) is 25.9 Å². The molecular weight excluding hydrogens is 203 g/mol. The first-order valence-corrected chi connectivity index (χ1v) is 3.85. The number of halogens is 2. The first-order valence-electron chi connectivity index (χ1n) is 2.35. The molecule has 4 heteroatoms. The van der Waals surface area contributed by atoms with Crippen LogP contribution in [0.5, 0.6) is 0 Å². The minimum Gasteiger partial charge on any atom is -0.240 e. The number of hydrogen-bond acceptors (Lipinski definition) is 2. The molecule has 0 aromatic carbocycles. The van der Waals surface area contributed by atoms with Crippen LogP contribution in [0.3, 0.4) is 0 Å². The second-order valence-electron chi connectivity index (χ2n) is 1.47. The molecule has 0 radical (unpaired) electrons. The molecule has 0 saturated carbocycles. The summed E-state index contributed by atoms with van der Waals surface area (Å²) in [6.07, 6.45) is 1.44. The highest BCUT2D eigenvalue weighted by molar-refractivity contribution is 9.08. The lowest BCUT2D eigenvalue weighted by Gasteiger charge is -1.91. The summed E-state index contributed by atoms with van der Waals surface area (Å²) in [5.41, 5.74) is 0.898.